The van der Waals surface area contributed by atoms with Crippen LogP contribution in [-0.2, 0) is 6.42 Å². The van der Waals surface area contributed by atoms with Crippen molar-refractivity contribution in [2.24, 2.45) is 0 Å². The van der Waals surface area contributed by atoms with Crippen LogP contribution in [-0.4, -0.2) is 0 Å². The molecule has 0 saturated carbocycles. The quantitative estimate of drug-likeness (QED) is 0.214. The molecule has 0 nitrogen and oxygen atoms in total. The fourth-order valence-electron chi connectivity index (χ4n) is 6.49. The predicted molar refractivity (Wildman–Crippen MR) is 166 cm³/mol. The van der Waals surface area contributed by atoms with E-state index in [0.717, 1.165) is 6.42 Å². The van der Waals surface area contributed by atoms with Gasteiger partial charge in [-0.2, -0.15) is 0 Å². The summed E-state index contributed by atoms with van der Waals surface area (Å²) in [5, 5.41) is 5.16. The Hall–Kier alpha value is -4.94. The van der Waals surface area contributed by atoms with E-state index in [4.69, 9.17) is 0 Å². The van der Waals surface area contributed by atoms with E-state index in [1.54, 1.807) is 0 Å². The minimum atomic E-state index is 1.03. The molecule has 0 bridgehead atoms. The third-order valence-electron chi connectivity index (χ3n) is 8.30. The lowest BCUT2D eigenvalue weighted by atomic mass is 9.85. The van der Waals surface area contributed by atoms with Crippen LogP contribution in [0.4, 0.5) is 0 Å². The molecule has 0 saturated heterocycles. The van der Waals surface area contributed by atoms with Gasteiger partial charge in [0.25, 0.3) is 0 Å². The van der Waals surface area contributed by atoms with E-state index >= 15 is 0 Å². The van der Waals surface area contributed by atoms with Crippen LogP contribution in [0.15, 0.2) is 146 Å². The van der Waals surface area contributed by atoms with Gasteiger partial charge in [-0.05, 0) is 89.7 Å². The second-order valence-corrected chi connectivity index (χ2v) is 10.5. The van der Waals surface area contributed by atoms with Gasteiger partial charge in [0.1, 0.15) is 0 Å². The first-order valence-electron chi connectivity index (χ1n) is 13.7. The SMILES string of the molecule is c1ccc(-c2c3ccccc3c(-c3ccc(-c4ccc5c(c4)-c4ccccc4C5)cc3)c3ccccc23)cc1. The number of hydrogen-bond donors (Lipinski definition) is 0. The van der Waals surface area contributed by atoms with E-state index in [9.17, 15) is 0 Å². The van der Waals surface area contributed by atoms with Gasteiger partial charge in [0.15, 0.2) is 0 Å². The summed E-state index contributed by atoms with van der Waals surface area (Å²) in [5.74, 6) is 0. The zero-order valence-corrected chi connectivity index (χ0v) is 21.6. The average molecular weight is 495 g/mol. The van der Waals surface area contributed by atoms with E-state index in [2.05, 4.69) is 146 Å². The van der Waals surface area contributed by atoms with Crippen LogP contribution in [0.1, 0.15) is 11.1 Å². The fourth-order valence-corrected chi connectivity index (χ4v) is 6.49. The van der Waals surface area contributed by atoms with Crippen LogP contribution in [0.25, 0.3) is 66.1 Å². The third-order valence-corrected chi connectivity index (χ3v) is 8.30. The highest BCUT2D eigenvalue weighted by molar-refractivity contribution is 6.21. The molecule has 0 heterocycles. The highest BCUT2D eigenvalue weighted by atomic mass is 14.2. The van der Waals surface area contributed by atoms with Crippen molar-refractivity contribution in [1.82, 2.24) is 0 Å². The summed E-state index contributed by atoms with van der Waals surface area (Å²) in [7, 11) is 0. The standard InChI is InChI=1S/C39H26/c1-2-10-27(11-3-1)38-33-14-6-8-16-35(33)39(36-17-9-7-15-34(36)38)28-20-18-26(19-21-28)29-22-23-31-24-30-12-4-5-13-32(30)37(31)25-29/h1-23,25H,24H2. The molecule has 39 heavy (non-hydrogen) atoms. The minimum Gasteiger partial charge on any atom is -0.0622 e. The molecule has 0 aromatic heterocycles. The lowest BCUT2D eigenvalue weighted by Crippen LogP contribution is -1.90. The first-order valence-corrected chi connectivity index (χ1v) is 13.7. The zero-order valence-electron chi connectivity index (χ0n) is 21.6. The van der Waals surface area contributed by atoms with Crippen LogP contribution in [0.2, 0.25) is 0 Å². The molecule has 1 aliphatic rings. The van der Waals surface area contributed by atoms with Gasteiger partial charge in [-0.25, -0.2) is 0 Å². The number of hydrogen-bond acceptors (Lipinski definition) is 0. The Kier molecular flexibility index (Phi) is 5.00. The molecule has 8 rings (SSSR count). The van der Waals surface area contributed by atoms with Crippen molar-refractivity contribution in [1.29, 1.82) is 0 Å². The first kappa shape index (κ1) is 22.1. The zero-order chi connectivity index (χ0) is 25.8. The molecule has 0 heteroatoms. The molecular weight excluding hydrogens is 468 g/mol. The Morgan fingerprint density at radius 2 is 0.769 bits per heavy atom. The van der Waals surface area contributed by atoms with Crippen molar-refractivity contribution in [3.8, 4) is 44.5 Å². The molecule has 0 amide bonds. The van der Waals surface area contributed by atoms with Crippen molar-refractivity contribution in [3.63, 3.8) is 0 Å². The summed E-state index contributed by atoms with van der Waals surface area (Å²) in [6.07, 6.45) is 1.03. The number of fused-ring (bicyclic) bond motifs is 5. The molecule has 0 atom stereocenters. The molecule has 182 valence electrons. The largest absolute Gasteiger partial charge is 0.0622 e. The van der Waals surface area contributed by atoms with Crippen LogP contribution in [0, 0.1) is 0 Å². The number of benzene rings is 7. The van der Waals surface area contributed by atoms with E-state index < -0.39 is 0 Å². The molecule has 1 aliphatic carbocycles. The lowest BCUT2D eigenvalue weighted by molar-refractivity contribution is 1.26. The van der Waals surface area contributed by atoms with Gasteiger partial charge >= 0.3 is 0 Å². The normalized spacial score (nSPS) is 12.0. The first-order chi connectivity index (χ1) is 19.3. The summed E-state index contributed by atoms with van der Waals surface area (Å²) in [6, 6.07) is 53.4. The lowest BCUT2D eigenvalue weighted by Gasteiger charge is -2.18. The van der Waals surface area contributed by atoms with Crippen molar-refractivity contribution in [2.75, 3.05) is 0 Å². The summed E-state index contributed by atoms with van der Waals surface area (Å²) in [6.45, 7) is 0. The maximum absolute atomic E-state index is 2.37. The van der Waals surface area contributed by atoms with Crippen LogP contribution >= 0.6 is 0 Å². The minimum absolute atomic E-state index is 1.03. The van der Waals surface area contributed by atoms with Gasteiger partial charge in [-0.1, -0.05) is 140 Å². The van der Waals surface area contributed by atoms with Crippen molar-refractivity contribution in [2.45, 2.75) is 6.42 Å². The molecule has 7 aromatic carbocycles. The van der Waals surface area contributed by atoms with Gasteiger partial charge in [0.05, 0.1) is 0 Å². The average Bonchev–Trinajstić information content (AvgIpc) is 3.38. The molecule has 7 aromatic rings. The predicted octanol–water partition coefficient (Wildman–Crippen LogP) is 10.6. The summed E-state index contributed by atoms with van der Waals surface area (Å²) in [5.41, 5.74) is 13.2. The monoisotopic (exact) mass is 494 g/mol. The second-order valence-electron chi connectivity index (χ2n) is 10.5. The molecule has 0 fully saturated rings. The van der Waals surface area contributed by atoms with Crippen molar-refractivity contribution >= 4 is 21.5 Å². The van der Waals surface area contributed by atoms with Gasteiger partial charge in [0, 0.05) is 0 Å². The molecule has 0 spiro atoms. The maximum Gasteiger partial charge on any atom is -0.00134 e. The highest BCUT2D eigenvalue weighted by Crippen LogP contribution is 2.44. The highest BCUT2D eigenvalue weighted by Gasteiger charge is 2.19. The van der Waals surface area contributed by atoms with Gasteiger partial charge in [0.2, 0.25) is 0 Å². The smallest absolute Gasteiger partial charge is 0.00134 e. The Morgan fingerprint density at radius 3 is 1.41 bits per heavy atom. The van der Waals surface area contributed by atoms with Gasteiger partial charge in [-0.15, -0.1) is 0 Å². The van der Waals surface area contributed by atoms with Crippen molar-refractivity contribution in [3.05, 3.63) is 157 Å². The Morgan fingerprint density at radius 1 is 0.308 bits per heavy atom. The molecule has 0 radical (unpaired) electrons. The Bertz CT molecular complexity index is 1950. The number of rotatable bonds is 3. The van der Waals surface area contributed by atoms with Crippen LogP contribution in [0.3, 0.4) is 0 Å². The van der Waals surface area contributed by atoms with E-state index in [-0.39, 0.29) is 0 Å². The van der Waals surface area contributed by atoms with Crippen LogP contribution < -0.4 is 0 Å². The van der Waals surface area contributed by atoms with Crippen molar-refractivity contribution < 1.29 is 0 Å². The van der Waals surface area contributed by atoms with Gasteiger partial charge in [-0.3, -0.25) is 0 Å². The Labute approximate surface area is 228 Å². The summed E-state index contributed by atoms with van der Waals surface area (Å²) >= 11 is 0. The second kappa shape index (κ2) is 8.82. The van der Waals surface area contributed by atoms with Gasteiger partial charge < -0.3 is 0 Å². The molecule has 0 N–H and O–H groups in total. The van der Waals surface area contributed by atoms with Crippen LogP contribution in [0.5, 0.6) is 0 Å². The topological polar surface area (TPSA) is 0 Å². The summed E-state index contributed by atoms with van der Waals surface area (Å²) < 4.78 is 0. The van der Waals surface area contributed by atoms with E-state index in [0.29, 0.717) is 0 Å². The molecule has 0 unspecified atom stereocenters. The summed E-state index contributed by atoms with van der Waals surface area (Å²) in [4.78, 5) is 0. The maximum atomic E-state index is 2.37. The van der Waals surface area contributed by atoms with E-state index in [1.165, 1.54) is 77.2 Å². The molecule has 0 aliphatic heterocycles. The van der Waals surface area contributed by atoms with E-state index in [1.807, 2.05) is 0 Å². The fraction of sp³-hybridized carbons (Fsp3) is 0.0256. The molecular formula is C39H26. The third kappa shape index (κ3) is 3.53. The Balaban J connectivity index is 1.29.